The molecule has 0 spiro atoms. The molecule has 0 aromatic carbocycles. The van der Waals surface area contributed by atoms with Crippen LogP contribution in [-0.4, -0.2) is 19.8 Å². The molecule has 0 aromatic rings. The van der Waals surface area contributed by atoms with Gasteiger partial charge in [0, 0.05) is 18.2 Å². The number of hydrogen-bond donors (Lipinski definition) is 2. The molecule has 1 unspecified atom stereocenters. The van der Waals surface area contributed by atoms with Gasteiger partial charge in [0.25, 0.3) is 0 Å². The van der Waals surface area contributed by atoms with Gasteiger partial charge in [-0.25, -0.2) is 0 Å². The van der Waals surface area contributed by atoms with Crippen molar-refractivity contribution < 1.29 is 5.11 Å². The van der Waals surface area contributed by atoms with Crippen LogP contribution in [0.15, 0.2) is 34.7 Å². The Balaban J connectivity index is 3.26. The lowest BCUT2D eigenvalue weighted by Gasteiger charge is -2.31. The second-order valence-electron chi connectivity index (χ2n) is 5.32. The zero-order chi connectivity index (χ0) is 13.1. The van der Waals surface area contributed by atoms with Crippen LogP contribution >= 0.6 is 0 Å². The molecule has 0 saturated carbocycles. The van der Waals surface area contributed by atoms with Crippen molar-refractivity contribution in [2.45, 2.75) is 26.1 Å². The average Bonchev–Trinajstić information content (AvgIpc) is 2.21. The maximum absolute atomic E-state index is 9.11. The van der Waals surface area contributed by atoms with E-state index in [0.29, 0.717) is 6.42 Å². The van der Waals surface area contributed by atoms with Gasteiger partial charge in [-0.05, 0) is 29.3 Å². The normalized spacial score (nSPS) is 23.0. The Bertz CT molecular complexity index is 418. The first-order chi connectivity index (χ1) is 7.91. The molecule has 3 N–H and O–H groups in total. The summed E-state index contributed by atoms with van der Waals surface area (Å²) in [5.41, 5.74) is 8.06. The third-order valence-electron chi connectivity index (χ3n) is 2.91. The van der Waals surface area contributed by atoms with Crippen LogP contribution in [0, 0.1) is 18.3 Å². The van der Waals surface area contributed by atoms with E-state index in [-0.39, 0.29) is 12.5 Å². The molecule has 0 fully saturated rings. The lowest BCUT2D eigenvalue weighted by molar-refractivity contribution is 0.277. The van der Waals surface area contributed by atoms with Gasteiger partial charge in [0.1, 0.15) is 0 Å². The van der Waals surface area contributed by atoms with Gasteiger partial charge in [-0.15, -0.1) is 6.42 Å². The van der Waals surface area contributed by atoms with E-state index >= 15 is 0 Å². The highest BCUT2D eigenvalue weighted by atomic mass is 28.3. The van der Waals surface area contributed by atoms with Crippen molar-refractivity contribution >= 4 is 8.07 Å². The average molecular weight is 247 g/mol. The van der Waals surface area contributed by atoms with Crippen LogP contribution in [0.3, 0.4) is 0 Å². The van der Waals surface area contributed by atoms with Crippen LogP contribution in [0.5, 0.6) is 0 Å². The van der Waals surface area contributed by atoms with E-state index in [0.717, 1.165) is 11.3 Å². The highest BCUT2D eigenvalue weighted by Gasteiger charge is 2.30. The summed E-state index contributed by atoms with van der Waals surface area (Å²) in [5, 5.41) is 10.3. The molecular weight excluding hydrogens is 226 g/mol. The largest absolute Gasteiger partial charge is 0.399 e. The predicted molar refractivity (Wildman–Crippen MR) is 75.8 cm³/mol. The van der Waals surface area contributed by atoms with Gasteiger partial charge >= 0.3 is 0 Å². The van der Waals surface area contributed by atoms with Gasteiger partial charge in [-0.3, -0.25) is 0 Å². The van der Waals surface area contributed by atoms with E-state index in [1.165, 1.54) is 5.20 Å². The summed E-state index contributed by atoms with van der Waals surface area (Å²) in [6.45, 7) is 6.94. The molecular formula is C14H21NOSi. The second-order valence-corrected chi connectivity index (χ2v) is 10.3. The van der Waals surface area contributed by atoms with Gasteiger partial charge in [0.15, 0.2) is 0 Å². The molecule has 0 radical (unpaired) electrons. The monoisotopic (exact) mass is 247 g/mol. The first-order valence-corrected chi connectivity index (χ1v) is 9.37. The predicted octanol–water partition coefficient (Wildman–Crippen LogP) is 2.20. The van der Waals surface area contributed by atoms with E-state index in [9.17, 15) is 0 Å². The molecule has 0 bridgehead atoms. The molecule has 0 aromatic heterocycles. The van der Waals surface area contributed by atoms with Gasteiger partial charge < -0.3 is 10.8 Å². The molecule has 2 nitrogen and oxygen atoms in total. The van der Waals surface area contributed by atoms with Gasteiger partial charge in [0.05, 0.1) is 8.07 Å². The zero-order valence-electron chi connectivity index (χ0n) is 10.8. The Labute approximate surface area is 105 Å². The molecule has 3 heteroatoms. The Kier molecular flexibility index (Phi) is 4.38. The third-order valence-corrected chi connectivity index (χ3v) is 4.99. The Hall–Kier alpha value is -1.24. The van der Waals surface area contributed by atoms with Crippen molar-refractivity contribution in [2.75, 3.05) is 6.61 Å². The maximum atomic E-state index is 9.11. The van der Waals surface area contributed by atoms with Gasteiger partial charge in [-0.2, -0.15) is 0 Å². The molecule has 0 amide bonds. The number of aliphatic hydroxyl groups excluding tert-OH is 1. The Morgan fingerprint density at radius 1 is 1.53 bits per heavy atom. The fraction of sp³-hybridized carbons (Fsp3) is 0.429. The minimum Gasteiger partial charge on any atom is -0.399 e. The lowest BCUT2D eigenvalue weighted by atomic mass is 9.90. The van der Waals surface area contributed by atoms with E-state index < -0.39 is 8.07 Å². The number of terminal acetylenes is 1. The molecule has 0 saturated heterocycles. The molecule has 0 aliphatic heterocycles. The molecule has 92 valence electrons. The lowest BCUT2D eigenvalue weighted by Crippen LogP contribution is -2.32. The van der Waals surface area contributed by atoms with Crippen molar-refractivity contribution in [3.8, 4) is 12.3 Å². The van der Waals surface area contributed by atoms with Gasteiger partial charge in [0.2, 0.25) is 0 Å². The minimum absolute atomic E-state index is 0.163. The van der Waals surface area contributed by atoms with E-state index in [1.807, 2.05) is 18.2 Å². The Morgan fingerprint density at radius 2 is 2.18 bits per heavy atom. The number of nitrogens with two attached hydrogens (primary N) is 1. The van der Waals surface area contributed by atoms with Gasteiger partial charge in [-0.1, -0.05) is 31.6 Å². The molecule has 0 heterocycles. The molecule has 1 aliphatic rings. The van der Waals surface area contributed by atoms with Crippen LogP contribution in [0.4, 0.5) is 0 Å². The van der Waals surface area contributed by atoms with Crippen LogP contribution < -0.4 is 5.73 Å². The summed E-state index contributed by atoms with van der Waals surface area (Å²) < 4.78 is 0. The summed E-state index contributed by atoms with van der Waals surface area (Å²) in [6.07, 6.45) is 11.9. The SMILES string of the molecule is C#CC=C1C([Si](C)(C)C)=C(N)C=CC1CCO. The van der Waals surface area contributed by atoms with E-state index in [2.05, 4.69) is 25.6 Å². The summed E-state index contributed by atoms with van der Waals surface area (Å²) in [4.78, 5) is 0. The summed E-state index contributed by atoms with van der Waals surface area (Å²) in [7, 11) is -1.53. The summed E-state index contributed by atoms with van der Waals surface area (Å²) in [6, 6.07) is 0. The topological polar surface area (TPSA) is 46.2 Å². The van der Waals surface area contributed by atoms with Crippen LogP contribution in [-0.2, 0) is 0 Å². The smallest absolute Gasteiger partial charge is 0.0807 e. The molecule has 1 rings (SSSR count). The minimum atomic E-state index is -1.53. The summed E-state index contributed by atoms with van der Waals surface area (Å²) in [5.74, 6) is 2.80. The first-order valence-electron chi connectivity index (χ1n) is 5.87. The highest BCUT2D eigenvalue weighted by Crippen LogP contribution is 2.35. The number of rotatable bonds is 3. The van der Waals surface area contributed by atoms with Crippen molar-refractivity contribution in [2.24, 2.45) is 11.7 Å². The van der Waals surface area contributed by atoms with Crippen LogP contribution in [0.2, 0.25) is 19.6 Å². The number of aliphatic hydroxyl groups is 1. The fourth-order valence-electron chi connectivity index (χ4n) is 2.28. The zero-order valence-corrected chi connectivity index (χ0v) is 11.8. The fourth-order valence-corrected chi connectivity index (χ4v) is 4.36. The molecule has 17 heavy (non-hydrogen) atoms. The number of hydrogen-bond acceptors (Lipinski definition) is 2. The van der Waals surface area contributed by atoms with Crippen molar-refractivity contribution in [3.63, 3.8) is 0 Å². The van der Waals surface area contributed by atoms with Crippen molar-refractivity contribution in [3.05, 3.63) is 34.7 Å². The standard InChI is InChI=1S/C14H21NOSi/c1-5-6-12-11(9-10-16)7-8-13(15)14(12)17(2,3)4/h1,6-8,11,16H,9-10,15H2,2-4H3. The van der Waals surface area contributed by atoms with Crippen LogP contribution in [0.25, 0.3) is 0 Å². The molecule has 1 aliphatic carbocycles. The first kappa shape index (κ1) is 13.8. The second kappa shape index (κ2) is 5.39. The van der Waals surface area contributed by atoms with Crippen molar-refractivity contribution in [1.82, 2.24) is 0 Å². The number of allylic oxidation sites excluding steroid dienone is 5. The van der Waals surface area contributed by atoms with Crippen LogP contribution in [0.1, 0.15) is 6.42 Å². The third kappa shape index (κ3) is 3.12. The quantitative estimate of drug-likeness (QED) is 0.593. The summed E-state index contributed by atoms with van der Waals surface area (Å²) >= 11 is 0. The Morgan fingerprint density at radius 3 is 2.65 bits per heavy atom. The molecule has 1 atom stereocenters. The van der Waals surface area contributed by atoms with E-state index in [4.69, 9.17) is 17.3 Å². The van der Waals surface area contributed by atoms with Crippen molar-refractivity contribution in [1.29, 1.82) is 0 Å². The highest BCUT2D eigenvalue weighted by molar-refractivity contribution is 6.84. The maximum Gasteiger partial charge on any atom is 0.0807 e. The van der Waals surface area contributed by atoms with E-state index in [1.54, 1.807) is 0 Å².